The van der Waals surface area contributed by atoms with Crippen LogP contribution < -0.4 is 5.32 Å². The third-order valence-electron chi connectivity index (χ3n) is 6.18. The summed E-state index contributed by atoms with van der Waals surface area (Å²) in [5, 5.41) is 3.16. The van der Waals surface area contributed by atoms with E-state index in [0.29, 0.717) is 6.54 Å². The maximum Gasteiger partial charge on any atom is 0.227 e. The van der Waals surface area contributed by atoms with Crippen LogP contribution >= 0.6 is 0 Å². The molecule has 0 aromatic heterocycles. The number of piperazine rings is 1. The van der Waals surface area contributed by atoms with E-state index < -0.39 is 0 Å². The van der Waals surface area contributed by atoms with E-state index in [-0.39, 0.29) is 11.8 Å². The van der Waals surface area contributed by atoms with Gasteiger partial charge in [-0.15, -0.1) is 0 Å². The van der Waals surface area contributed by atoms with E-state index in [1.807, 2.05) is 6.07 Å². The van der Waals surface area contributed by atoms with Gasteiger partial charge in [0.15, 0.2) is 0 Å². The third-order valence-corrected chi connectivity index (χ3v) is 6.18. The highest BCUT2D eigenvalue weighted by atomic mass is 16.1. The monoisotopic (exact) mass is 377 g/mol. The van der Waals surface area contributed by atoms with Gasteiger partial charge < -0.3 is 10.2 Å². The summed E-state index contributed by atoms with van der Waals surface area (Å²) in [6.07, 6.45) is 3.14. The van der Waals surface area contributed by atoms with Gasteiger partial charge in [-0.3, -0.25) is 9.69 Å². The number of likely N-dealkylation sites (N-methyl/N-ethyl adjacent to an activating group) is 1. The Balaban J connectivity index is 1.30. The number of hydrogen-bond donors (Lipinski definition) is 1. The van der Waals surface area contributed by atoms with Gasteiger partial charge in [0.05, 0.1) is 5.92 Å². The molecular formula is C24H31N3O. The summed E-state index contributed by atoms with van der Waals surface area (Å²) >= 11 is 0. The summed E-state index contributed by atoms with van der Waals surface area (Å²) in [5.74, 6) is 0.162. The number of nitrogens with zero attached hydrogens (tertiary/aromatic N) is 2. The first-order chi connectivity index (χ1) is 13.7. The molecule has 0 spiro atoms. The van der Waals surface area contributed by atoms with Crippen molar-refractivity contribution in [3.8, 4) is 0 Å². The number of benzene rings is 2. The first kappa shape index (κ1) is 19.2. The van der Waals surface area contributed by atoms with Crippen LogP contribution in [0.15, 0.2) is 48.5 Å². The molecule has 1 saturated heterocycles. The van der Waals surface area contributed by atoms with Gasteiger partial charge in [-0.25, -0.2) is 0 Å². The Hall–Kier alpha value is -2.17. The second-order valence-electron chi connectivity index (χ2n) is 8.26. The second kappa shape index (κ2) is 8.89. The molecule has 148 valence electrons. The van der Waals surface area contributed by atoms with Crippen LogP contribution in [0.5, 0.6) is 0 Å². The van der Waals surface area contributed by atoms with Crippen molar-refractivity contribution in [2.24, 2.45) is 0 Å². The molecule has 1 heterocycles. The van der Waals surface area contributed by atoms with Gasteiger partial charge in [0.2, 0.25) is 5.91 Å². The molecule has 4 heteroatoms. The van der Waals surface area contributed by atoms with Crippen molar-refractivity contribution in [3.63, 3.8) is 0 Å². The summed E-state index contributed by atoms with van der Waals surface area (Å²) in [6, 6.07) is 17.1. The van der Waals surface area contributed by atoms with Crippen LogP contribution in [0, 0.1) is 0 Å². The molecule has 0 saturated carbocycles. The number of nitrogens with one attached hydrogen (secondary N) is 1. The van der Waals surface area contributed by atoms with Crippen molar-refractivity contribution in [2.75, 3.05) is 33.2 Å². The molecule has 0 bridgehead atoms. The van der Waals surface area contributed by atoms with Crippen molar-refractivity contribution >= 4 is 5.91 Å². The van der Waals surface area contributed by atoms with E-state index in [0.717, 1.165) is 52.0 Å². The lowest BCUT2D eigenvalue weighted by molar-refractivity contribution is -0.123. The topological polar surface area (TPSA) is 35.6 Å². The first-order valence-corrected chi connectivity index (χ1v) is 10.5. The Labute approximate surface area is 168 Å². The quantitative estimate of drug-likeness (QED) is 0.869. The lowest BCUT2D eigenvalue weighted by Crippen LogP contribution is -2.43. The van der Waals surface area contributed by atoms with Crippen molar-refractivity contribution in [1.82, 2.24) is 15.1 Å². The molecule has 0 unspecified atom stereocenters. The number of carbonyl (C=O) groups excluding carboxylic acids is 1. The molecule has 1 fully saturated rings. The van der Waals surface area contributed by atoms with E-state index in [9.17, 15) is 4.79 Å². The van der Waals surface area contributed by atoms with Crippen LogP contribution in [0.25, 0.3) is 0 Å². The number of carbonyl (C=O) groups is 1. The number of fused-ring (bicyclic) bond motifs is 1. The lowest BCUT2D eigenvalue weighted by Gasteiger charge is -2.32. The van der Waals surface area contributed by atoms with Gasteiger partial charge in [-0.1, -0.05) is 48.5 Å². The van der Waals surface area contributed by atoms with E-state index in [1.54, 1.807) is 0 Å². The molecule has 1 atom stereocenters. The van der Waals surface area contributed by atoms with Crippen LogP contribution in [0.4, 0.5) is 0 Å². The molecule has 28 heavy (non-hydrogen) atoms. The maximum atomic E-state index is 12.8. The average molecular weight is 378 g/mol. The summed E-state index contributed by atoms with van der Waals surface area (Å²) < 4.78 is 0. The fraction of sp³-hybridized carbons (Fsp3) is 0.458. The number of hydrogen-bond acceptors (Lipinski definition) is 3. The Morgan fingerprint density at radius 3 is 2.50 bits per heavy atom. The summed E-state index contributed by atoms with van der Waals surface area (Å²) in [5.41, 5.74) is 5.07. The number of amides is 1. The Morgan fingerprint density at radius 2 is 1.71 bits per heavy atom. The highest BCUT2D eigenvalue weighted by molar-refractivity contribution is 5.84. The van der Waals surface area contributed by atoms with Crippen LogP contribution in [0.3, 0.4) is 0 Å². The first-order valence-electron chi connectivity index (χ1n) is 10.5. The molecule has 1 aliphatic heterocycles. The summed E-state index contributed by atoms with van der Waals surface area (Å²) in [4.78, 5) is 17.7. The van der Waals surface area contributed by atoms with Gasteiger partial charge >= 0.3 is 0 Å². The minimum absolute atomic E-state index is 0.00135. The minimum atomic E-state index is 0.00135. The van der Waals surface area contributed by atoms with Gasteiger partial charge in [-0.2, -0.15) is 0 Å². The van der Waals surface area contributed by atoms with E-state index in [4.69, 9.17) is 0 Å². The predicted molar refractivity (Wildman–Crippen MR) is 113 cm³/mol. The molecular weight excluding hydrogens is 346 g/mol. The zero-order chi connectivity index (χ0) is 19.3. The standard InChI is InChI=1S/C24H31N3O/c1-26-13-15-27(16-14-26)18-20-11-9-19(10-12-20)17-25-24(28)23-8-4-6-21-5-2-3-7-22(21)23/h2-3,5,7,9-12,23H,4,6,8,13-18H2,1H3,(H,25,28)/t23-/m1/s1. The van der Waals surface area contributed by atoms with Crippen molar-refractivity contribution in [1.29, 1.82) is 0 Å². The number of rotatable bonds is 5. The fourth-order valence-electron chi connectivity index (χ4n) is 4.37. The Kier molecular flexibility index (Phi) is 6.08. The van der Waals surface area contributed by atoms with Crippen LogP contribution in [0.2, 0.25) is 0 Å². The van der Waals surface area contributed by atoms with Gasteiger partial charge in [0.25, 0.3) is 0 Å². The molecule has 2 aliphatic rings. The van der Waals surface area contributed by atoms with Crippen LogP contribution in [-0.4, -0.2) is 48.9 Å². The number of aryl methyl sites for hydroxylation is 1. The average Bonchev–Trinajstić information content (AvgIpc) is 2.74. The maximum absolute atomic E-state index is 12.8. The molecule has 4 nitrogen and oxygen atoms in total. The normalized spacial score (nSPS) is 20.5. The zero-order valence-corrected chi connectivity index (χ0v) is 16.9. The Bertz CT molecular complexity index is 794. The van der Waals surface area contributed by atoms with Gasteiger partial charge in [0, 0.05) is 39.3 Å². The predicted octanol–water partition coefficient (Wildman–Crippen LogP) is 3.17. The van der Waals surface area contributed by atoms with Gasteiger partial charge in [0.1, 0.15) is 0 Å². The molecule has 2 aromatic carbocycles. The van der Waals surface area contributed by atoms with E-state index in [1.165, 1.54) is 22.3 Å². The zero-order valence-electron chi connectivity index (χ0n) is 16.9. The molecule has 1 N–H and O–H groups in total. The molecule has 0 radical (unpaired) electrons. The third kappa shape index (κ3) is 4.62. The molecule has 1 aliphatic carbocycles. The van der Waals surface area contributed by atoms with Crippen LogP contribution in [0.1, 0.15) is 41.0 Å². The molecule has 4 rings (SSSR count). The Morgan fingerprint density at radius 1 is 1.00 bits per heavy atom. The minimum Gasteiger partial charge on any atom is -0.351 e. The van der Waals surface area contributed by atoms with Crippen LogP contribution in [-0.2, 0) is 24.3 Å². The highest BCUT2D eigenvalue weighted by Crippen LogP contribution is 2.31. The van der Waals surface area contributed by atoms with Crippen molar-refractivity contribution < 1.29 is 4.79 Å². The van der Waals surface area contributed by atoms with E-state index >= 15 is 0 Å². The largest absolute Gasteiger partial charge is 0.351 e. The van der Waals surface area contributed by atoms with Gasteiger partial charge in [-0.05, 0) is 48.6 Å². The summed E-state index contributed by atoms with van der Waals surface area (Å²) in [7, 11) is 2.19. The second-order valence-corrected chi connectivity index (χ2v) is 8.26. The lowest BCUT2D eigenvalue weighted by atomic mass is 9.82. The van der Waals surface area contributed by atoms with Crippen molar-refractivity contribution in [3.05, 3.63) is 70.8 Å². The smallest absolute Gasteiger partial charge is 0.227 e. The SMILES string of the molecule is CN1CCN(Cc2ccc(CNC(=O)[C@@H]3CCCc4ccccc43)cc2)CC1. The van der Waals surface area contributed by atoms with E-state index in [2.05, 4.69) is 64.6 Å². The van der Waals surface area contributed by atoms with Crippen molar-refractivity contribution in [2.45, 2.75) is 38.3 Å². The molecule has 1 amide bonds. The molecule has 2 aromatic rings. The fourth-order valence-corrected chi connectivity index (χ4v) is 4.37. The highest BCUT2D eigenvalue weighted by Gasteiger charge is 2.25. The summed E-state index contributed by atoms with van der Waals surface area (Å²) in [6.45, 7) is 6.18.